The Morgan fingerprint density at radius 1 is 1.78 bits per heavy atom. The van der Waals surface area contributed by atoms with E-state index in [-0.39, 0.29) is 0 Å². The van der Waals surface area contributed by atoms with E-state index >= 15 is 0 Å². The smallest absolute Gasteiger partial charge is 0.0840 e. The molecule has 0 aromatic heterocycles. The highest BCUT2D eigenvalue weighted by Crippen LogP contribution is 1.66. The fraction of sp³-hybridized carbons (Fsp3) is 0.750. The van der Waals surface area contributed by atoms with E-state index in [0.29, 0.717) is 19.6 Å². The van der Waals surface area contributed by atoms with E-state index in [1.54, 1.807) is 0 Å². The summed E-state index contributed by atoms with van der Waals surface area (Å²) in [7, 11) is 0. The summed E-state index contributed by atoms with van der Waals surface area (Å²) in [4.78, 5) is 2.54. The van der Waals surface area contributed by atoms with Gasteiger partial charge in [0, 0.05) is 18.0 Å². The van der Waals surface area contributed by atoms with E-state index in [0.717, 1.165) is 0 Å². The van der Waals surface area contributed by atoms with Gasteiger partial charge in [-0.2, -0.15) is 5.26 Å². The third-order valence-electron chi connectivity index (χ3n) is 0.656. The van der Waals surface area contributed by atoms with Gasteiger partial charge in [0.1, 0.15) is 0 Å². The van der Waals surface area contributed by atoms with Crippen LogP contribution < -0.4 is 5.32 Å². The van der Waals surface area contributed by atoms with Crippen molar-refractivity contribution in [3.05, 3.63) is 10.4 Å². The lowest BCUT2D eigenvalue weighted by atomic mass is 10.6. The lowest BCUT2D eigenvalue weighted by molar-refractivity contribution is 0.756. The zero-order valence-corrected chi connectivity index (χ0v) is 4.91. The first kappa shape index (κ1) is 7.76. The molecule has 0 saturated carbocycles. The van der Waals surface area contributed by atoms with Crippen molar-refractivity contribution in [1.29, 1.82) is 5.26 Å². The van der Waals surface area contributed by atoms with Crippen LogP contribution in [0.2, 0.25) is 0 Å². The van der Waals surface area contributed by atoms with Crippen molar-refractivity contribution >= 4 is 0 Å². The minimum Gasteiger partial charge on any atom is -0.304 e. The Hall–Kier alpha value is -1.24. The standard InChI is InChI=1S/C4H7N5/c5-1-2-7-3-4-8-9-6/h7H,2-4H2. The molecule has 0 unspecified atom stereocenters. The zero-order chi connectivity index (χ0) is 6.95. The maximum absolute atomic E-state index is 8.01. The number of hydrogen-bond acceptors (Lipinski definition) is 3. The highest BCUT2D eigenvalue weighted by atomic mass is 15.1. The van der Waals surface area contributed by atoms with Crippen LogP contribution in [0.5, 0.6) is 0 Å². The van der Waals surface area contributed by atoms with Gasteiger partial charge in [-0.3, -0.25) is 0 Å². The summed E-state index contributed by atoms with van der Waals surface area (Å²) >= 11 is 0. The molecule has 0 spiro atoms. The van der Waals surface area contributed by atoms with E-state index in [4.69, 9.17) is 10.8 Å². The van der Waals surface area contributed by atoms with Crippen LogP contribution in [0.15, 0.2) is 5.11 Å². The van der Waals surface area contributed by atoms with Crippen LogP contribution in [0.3, 0.4) is 0 Å². The molecule has 5 heteroatoms. The number of nitrogens with one attached hydrogen (secondary N) is 1. The molecule has 0 aromatic carbocycles. The van der Waals surface area contributed by atoms with Gasteiger partial charge in [-0.1, -0.05) is 5.11 Å². The van der Waals surface area contributed by atoms with Crippen molar-refractivity contribution in [3.63, 3.8) is 0 Å². The minimum absolute atomic E-state index is 0.306. The topological polar surface area (TPSA) is 84.6 Å². The molecule has 0 aliphatic rings. The molecule has 0 heterocycles. The SMILES string of the molecule is N#CCNCCN=[N+]=[N-]. The van der Waals surface area contributed by atoms with Gasteiger partial charge >= 0.3 is 0 Å². The molecule has 9 heavy (non-hydrogen) atoms. The molecule has 0 saturated heterocycles. The van der Waals surface area contributed by atoms with Crippen molar-refractivity contribution in [2.24, 2.45) is 5.11 Å². The predicted molar refractivity (Wildman–Crippen MR) is 32.5 cm³/mol. The van der Waals surface area contributed by atoms with Crippen LogP contribution in [0.25, 0.3) is 10.4 Å². The molecule has 0 amide bonds. The predicted octanol–water partition coefficient (Wildman–Crippen LogP) is 0.410. The Labute approximate surface area is 52.9 Å². The van der Waals surface area contributed by atoms with Crippen molar-refractivity contribution in [1.82, 2.24) is 5.32 Å². The molecule has 48 valence electrons. The summed E-state index contributed by atoms with van der Waals surface area (Å²) in [5.74, 6) is 0. The molecule has 0 bridgehead atoms. The van der Waals surface area contributed by atoms with E-state index in [9.17, 15) is 0 Å². The van der Waals surface area contributed by atoms with Crippen LogP contribution in [0, 0.1) is 11.3 Å². The molecule has 0 aliphatic heterocycles. The van der Waals surface area contributed by atoms with Gasteiger partial charge in [-0.15, -0.1) is 0 Å². The second-order valence-electron chi connectivity index (χ2n) is 1.29. The van der Waals surface area contributed by atoms with Gasteiger partial charge in [0.25, 0.3) is 0 Å². The Balaban J connectivity index is 2.93. The molecular formula is C4H7N5. The number of hydrogen-bond donors (Lipinski definition) is 1. The van der Waals surface area contributed by atoms with E-state index in [2.05, 4.69) is 15.3 Å². The molecule has 0 fully saturated rings. The highest BCUT2D eigenvalue weighted by molar-refractivity contribution is 4.72. The van der Waals surface area contributed by atoms with Crippen molar-refractivity contribution < 1.29 is 0 Å². The average molecular weight is 125 g/mol. The van der Waals surface area contributed by atoms with Gasteiger partial charge in [-0.05, 0) is 5.53 Å². The van der Waals surface area contributed by atoms with Gasteiger partial charge in [-0.25, -0.2) is 0 Å². The Bertz CT molecular complexity index is 140. The van der Waals surface area contributed by atoms with Crippen molar-refractivity contribution in [2.75, 3.05) is 19.6 Å². The zero-order valence-electron chi connectivity index (χ0n) is 4.91. The summed E-state index contributed by atoms with van der Waals surface area (Å²) in [6.45, 7) is 1.27. The average Bonchev–Trinajstić information content (AvgIpc) is 1.89. The van der Waals surface area contributed by atoms with Gasteiger partial charge in [0.2, 0.25) is 0 Å². The first-order valence-electron chi connectivity index (χ1n) is 2.50. The molecule has 5 nitrogen and oxygen atoms in total. The summed E-state index contributed by atoms with van der Waals surface area (Å²) in [5.41, 5.74) is 7.79. The quantitative estimate of drug-likeness (QED) is 0.194. The molecule has 0 radical (unpaired) electrons. The van der Waals surface area contributed by atoms with E-state index in [1.807, 2.05) is 6.07 Å². The highest BCUT2D eigenvalue weighted by Gasteiger charge is 1.79. The third kappa shape index (κ3) is 6.76. The maximum Gasteiger partial charge on any atom is 0.0840 e. The van der Waals surface area contributed by atoms with Crippen LogP contribution in [0.1, 0.15) is 0 Å². The summed E-state index contributed by atoms with van der Waals surface area (Å²) < 4.78 is 0. The summed E-state index contributed by atoms with van der Waals surface area (Å²) in [5, 5.41) is 14.0. The number of rotatable bonds is 4. The fourth-order valence-electron chi connectivity index (χ4n) is 0.318. The fourth-order valence-corrected chi connectivity index (χ4v) is 0.318. The monoisotopic (exact) mass is 125 g/mol. The van der Waals surface area contributed by atoms with Crippen LogP contribution in [0.4, 0.5) is 0 Å². The number of nitrogens with zero attached hydrogens (tertiary/aromatic N) is 4. The second kappa shape index (κ2) is 6.76. The molecule has 1 N–H and O–H groups in total. The first-order valence-corrected chi connectivity index (χ1v) is 2.50. The molecule has 0 aliphatic carbocycles. The first-order chi connectivity index (χ1) is 4.41. The molecular weight excluding hydrogens is 118 g/mol. The Morgan fingerprint density at radius 2 is 2.56 bits per heavy atom. The lowest BCUT2D eigenvalue weighted by Crippen LogP contribution is -2.16. The Morgan fingerprint density at radius 3 is 3.11 bits per heavy atom. The summed E-state index contributed by atoms with van der Waals surface area (Å²) in [6.07, 6.45) is 0. The van der Waals surface area contributed by atoms with Crippen LogP contribution >= 0.6 is 0 Å². The molecule has 0 rings (SSSR count). The van der Waals surface area contributed by atoms with Crippen LogP contribution in [-0.2, 0) is 0 Å². The van der Waals surface area contributed by atoms with Gasteiger partial charge in [0.05, 0.1) is 12.6 Å². The van der Waals surface area contributed by atoms with E-state index in [1.165, 1.54) is 0 Å². The minimum atomic E-state index is 0.306. The second-order valence-corrected chi connectivity index (χ2v) is 1.29. The lowest BCUT2D eigenvalue weighted by Gasteiger charge is -1.90. The van der Waals surface area contributed by atoms with Crippen molar-refractivity contribution in [3.8, 4) is 6.07 Å². The van der Waals surface area contributed by atoms with Gasteiger partial charge in [0.15, 0.2) is 0 Å². The van der Waals surface area contributed by atoms with Gasteiger partial charge < -0.3 is 5.32 Å². The number of azide groups is 1. The molecule has 0 aromatic rings. The van der Waals surface area contributed by atoms with Crippen molar-refractivity contribution in [2.45, 2.75) is 0 Å². The third-order valence-corrected chi connectivity index (χ3v) is 0.656. The number of nitriles is 1. The maximum atomic E-state index is 8.01. The van der Waals surface area contributed by atoms with Crippen LogP contribution in [-0.4, -0.2) is 19.6 Å². The Kier molecular flexibility index (Phi) is 5.83. The normalized spacial score (nSPS) is 7.44. The molecule has 0 atom stereocenters. The largest absolute Gasteiger partial charge is 0.304 e. The van der Waals surface area contributed by atoms with E-state index < -0.39 is 0 Å². The summed E-state index contributed by atoms with van der Waals surface area (Å²) in [6, 6.07) is 1.90.